The van der Waals surface area contributed by atoms with Crippen molar-refractivity contribution in [1.82, 2.24) is 10.2 Å². The van der Waals surface area contributed by atoms with E-state index in [1.807, 2.05) is 11.8 Å². The zero-order valence-electron chi connectivity index (χ0n) is 12.9. The monoisotopic (exact) mass is 283 g/mol. The zero-order valence-corrected chi connectivity index (χ0v) is 13.7. The molecule has 19 heavy (non-hydrogen) atoms. The lowest BCUT2D eigenvalue weighted by Crippen LogP contribution is -2.41. The molecule has 0 bridgehead atoms. The Hall–Kier alpha value is -0.220. The van der Waals surface area contributed by atoms with Crippen molar-refractivity contribution in [2.24, 2.45) is 10.9 Å². The molecular formula is C15H29N3S. The van der Waals surface area contributed by atoms with Gasteiger partial charge >= 0.3 is 0 Å². The summed E-state index contributed by atoms with van der Waals surface area (Å²) < 4.78 is 0. The average molecular weight is 283 g/mol. The molecule has 0 aromatic carbocycles. The molecule has 4 heteroatoms. The summed E-state index contributed by atoms with van der Waals surface area (Å²) in [6, 6.07) is 0.432. The first-order chi connectivity index (χ1) is 8.99. The van der Waals surface area contributed by atoms with Crippen LogP contribution in [0.2, 0.25) is 0 Å². The van der Waals surface area contributed by atoms with Crippen molar-refractivity contribution in [1.29, 1.82) is 0 Å². The Morgan fingerprint density at radius 2 is 2.00 bits per heavy atom. The summed E-state index contributed by atoms with van der Waals surface area (Å²) in [5.74, 6) is 1.93. The van der Waals surface area contributed by atoms with Crippen molar-refractivity contribution in [2.45, 2.75) is 57.5 Å². The van der Waals surface area contributed by atoms with Crippen LogP contribution in [0.1, 0.15) is 46.0 Å². The maximum Gasteiger partial charge on any atom is 0.157 e. The Labute approximate surface area is 122 Å². The predicted molar refractivity (Wildman–Crippen MR) is 86.0 cm³/mol. The van der Waals surface area contributed by atoms with Gasteiger partial charge in [-0.15, -0.1) is 0 Å². The van der Waals surface area contributed by atoms with Gasteiger partial charge in [-0.2, -0.15) is 0 Å². The number of likely N-dealkylation sites (N-methyl/N-ethyl adjacent to an activating group) is 1. The summed E-state index contributed by atoms with van der Waals surface area (Å²) >= 11 is 1.94. The number of nitrogens with one attached hydrogen (secondary N) is 1. The summed E-state index contributed by atoms with van der Waals surface area (Å²) in [4.78, 5) is 7.25. The Bertz CT molecular complexity index is 309. The highest BCUT2D eigenvalue weighted by Crippen LogP contribution is 2.37. The highest BCUT2D eigenvalue weighted by atomic mass is 32.2. The smallest absolute Gasteiger partial charge is 0.157 e. The number of rotatable bonds is 5. The van der Waals surface area contributed by atoms with Gasteiger partial charge in [0, 0.05) is 17.8 Å². The number of amidine groups is 1. The average Bonchev–Trinajstić information content (AvgIpc) is 2.88. The molecule has 1 spiro atoms. The lowest BCUT2D eigenvalue weighted by atomic mass is 10.0. The predicted octanol–water partition coefficient (Wildman–Crippen LogP) is 2.97. The first-order valence-electron chi connectivity index (χ1n) is 7.63. The molecule has 2 fully saturated rings. The van der Waals surface area contributed by atoms with E-state index >= 15 is 0 Å². The second-order valence-corrected chi connectivity index (χ2v) is 7.85. The molecule has 1 aliphatic carbocycles. The molecule has 1 saturated heterocycles. The van der Waals surface area contributed by atoms with E-state index in [0.29, 0.717) is 17.5 Å². The van der Waals surface area contributed by atoms with Gasteiger partial charge in [0.2, 0.25) is 0 Å². The van der Waals surface area contributed by atoms with Crippen molar-refractivity contribution in [3.05, 3.63) is 0 Å². The van der Waals surface area contributed by atoms with Gasteiger partial charge in [-0.1, -0.05) is 38.5 Å². The molecule has 1 unspecified atom stereocenters. The zero-order chi connectivity index (χ0) is 13.9. The Morgan fingerprint density at radius 1 is 1.32 bits per heavy atom. The van der Waals surface area contributed by atoms with Gasteiger partial charge in [-0.25, -0.2) is 0 Å². The molecule has 0 radical (unpaired) electrons. The van der Waals surface area contributed by atoms with Crippen molar-refractivity contribution >= 4 is 16.9 Å². The van der Waals surface area contributed by atoms with E-state index in [-0.39, 0.29) is 0 Å². The largest absolute Gasteiger partial charge is 0.359 e. The first-order valence-corrected chi connectivity index (χ1v) is 8.61. The molecule has 2 rings (SSSR count). The molecule has 1 heterocycles. The van der Waals surface area contributed by atoms with E-state index in [2.05, 4.69) is 38.2 Å². The highest BCUT2D eigenvalue weighted by molar-refractivity contribution is 8.14. The van der Waals surface area contributed by atoms with Crippen molar-refractivity contribution < 1.29 is 0 Å². The third-order valence-corrected chi connectivity index (χ3v) is 5.21. The Morgan fingerprint density at radius 3 is 2.58 bits per heavy atom. The fourth-order valence-electron chi connectivity index (χ4n) is 3.20. The molecule has 1 N–H and O–H groups in total. The molecule has 0 aromatic heterocycles. The number of nitrogens with zero attached hydrogens (tertiary/aromatic N) is 2. The Kier molecular flexibility index (Phi) is 5.18. The standard InChI is InChI=1S/C15H29N3S/c1-12(2)9-13(10-18(3)4)16-14-17-15(11-19-14)7-5-6-8-15/h12-13H,5-11H2,1-4H3,(H,16,17). The lowest BCUT2D eigenvalue weighted by Gasteiger charge is -2.23. The van der Waals surface area contributed by atoms with Crippen LogP contribution in [-0.2, 0) is 0 Å². The van der Waals surface area contributed by atoms with Gasteiger partial charge in [0.1, 0.15) is 0 Å². The Balaban J connectivity index is 1.97. The highest BCUT2D eigenvalue weighted by Gasteiger charge is 2.39. The van der Waals surface area contributed by atoms with E-state index in [0.717, 1.165) is 6.54 Å². The van der Waals surface area contributed by atoms with Gasteiger partial charge in [-0.3, -0.25) is 4.99 Å². The summed E-state index contributed by atoms with van der Waals surface area (Å²) in [6.45, 7) is 5.63. The number of hydrogen-bond acceptors (Lipinski definition) is 3. The first kappa shape index (κ1) is 15.2. The quantitative estimate of drug-likeness (QED) is 0.840. The fraction of sp³-hybridized carbons (Fsp3) is 0.933. The number of hydrogen-bond donors (Lipinski definition) is 1. The topological polar surface area (TPSA) is 27.6 Å². The molecule has 2 aliphatic rings. The molecule has 110 valence electrons. The van der Waals surface area contributed by atoms with Crippen LogP contribution in [0.3, 0.4) is 0 Å². The van der Waals surface area contributed by atoms with Crippen LogP contribution in [0.15, 0.2) is 4.99 Å². The van der Waals surface area contributed by atoms with E-state index in [1.54, 1.807) is 0 Å². The molecule has 3 nitrogen and oxygen atoms in total. The minimum absolute atomic E-state index is 0.393. The van der Waals surface area contributed by atoms with Gasteiger partial charge in [-0.05, 0) is 39.3 Å². The third-order valence-electron chi connectivity index (χ3n) is 4.04. The molecule has 1 aliphatic heterocycles. The number of aliphatic imine (C=N–C) groups is 1. The van der Waals surface area contributed by atoms with Crippen LogP contribution in [0, 0.1) is 5.92 Å². The summed E-state index contributed by atoms with van der Waals surface area (Å²) in [5, 5.41) is 4.94. The molecule has 0 aromatic rings. The SMILES string of the molecule is CC(C)CC(CN(C)C)N=C1NC2(CCCC2)CS1. The minimum atomic E-state index is 0.393. The second-order valence-electron chi connectivity index (χ2n) is 6.88. The van der Waals surface area contributed by atoms with Gasteiger partial charge in [0.05, 0.1) is 6.04 Å². The van der Waals surface area contributed by atoms with Crippen LogP contribution >= 0.6 is 11.8 Å². The molecular weight excluding hydrogens is 254 g/mol. The third kappa shape index (κ3) is 4.38. The van der Waals surface area contributed by atoms with Crippen molar-refractivity contribution in [3.8, 4) is 0 Å². The van der Waals surface area contributed by atoms with Crippen LogP contribution in [0.5, 0.6) is 0 Å². The van der Waals surface area contributed by atoms with E-state index in [4.69, 9.17) is 4.99 Å². The van der Waals surface area contributed by atoms with Gasteiger partial charge in [0.15, 0.2) is 5.17 Å². The van der Waals surface area contributed by atoms with Crippen molar-refractivity contribution in [3.63, 3.8) is 0 Å². The van der Waals surface area contributed by atoms with E-state index in [1.165, 1.54) is 43.0 Å². The maximum absolute atomic E-state index is 5.00. The lowest BCUT2D eigenvalue weighted by molar-refractivity contribution is 0.344. The minimum Gasteiger partial charge on any atom is -0.359 e. The van der Waals surface area contributed by atoms with E-state index < -0.39 is 0 Å². The summed E-state index contributed by atoms with van der Waals surface area (Å²) in [6.07, 6.45) is 6.61. The van der Waals surface area contributed by atoms with Crippen molar-refractivity contribution in [2.75, 3.05) is 26.4 Å². The summed E-state index contributed by atoms with van der Waals surface area (Å²) in [5.41, 5.74) is 0.393. The van der Waals surface area contributed by atoms with Gasteiger partial charge in [0.25, 0.3) is 0 Å². The van der Waals surface area contributed by atoms with Crippen LogP contribution in [0.4, 0.5) is 0 Å². The van der Waals surface area contributed by atoms with Crippen LogP contribution in [-0.4, -0.2) is 48.0 Å². The van der Waals surface area contributed by atoms with Crippen LogP contribution < -0.4 is 5.32 Å². The fourth-order valence-corrected chi connectivity index (χ4v) is 4.48. The number of thioether (sulfide) groups is 1. The van der Waals surface area contributed by atoms with Crippen LogP contribution in [0.25, 0.3) is 0 Å². The molecule has 1 atom stereocenters. The molecule has 1 saturated carbocycles. The van der Waals surface area contributed by atoms with Gasteiger partial charge < -0.3 is 10.2 Å². The maximum atomic E-state index is 5.00. The second kappa shape index (κ2) is 6.49. The van der Waals surface area contributed by atoms with E-state index in [9.17, 15) is 0 Å². The summed E-state index contributed by atoms with van der Waals surface area (Å²) in [7, 11) is 4.28. The molecule has 0 amide bonds. The normalized spacial score (nSPS) is 25.7.